The number of hydrogen-bond donors (Lipinski definition) is 1. The largest absolute Gasteiger partial charge is 0.381 e. The van der Waals surface area contributed by atoms with Gasteiger partial charge in [0.1, 0.15) is 0 Å². The molecule has 0 atom stereocenters. The van der Waals surface area contributed by atoms with Crippen LogP contribution in [-0.2, 0) is 0 Å². The molecule has 0 unspecified atom stereocenters. The molecule has 2 rings (SSSR count). The van der Waals surface area contributed by atoms with Crippen molar-refractivity contribution >= 4 is 11.3 Å². The predicted molar refractivity (Wildman–Crippen MR) is 62.5 cm³/mol. The molecule has 0 amide bonds. The van der Waals surface area contributed by atoms with E-state index in [4.69, 9.17) is 0 Å². The molecular formula is C13H17N. The van der Waals surface area contributed by atoms with Crippen LogP contribution in [0.4, 0.5) is 5.69 Å². The van der Waals surface area contributed by atoms with E-state index in [9.17, 15) is 0 Å². The summed E-state index contributed by atoms with van der Waals surface area (Å²) in [6.45, 7) is 7.61. The molecule has 1 nitrogen and oxygen atoms in total. The van der Waals surface area contributed by atoms with Crippen molar-refractivity contribution in [3.63, 3.8) is 0 Å². The molecule has 74 valence electrons. The van der Waals surface area contributed by atoms with Gasteiger partial charge in [-0.2, -0.15) is 0 Å². The van der Waals surface area contributed by atoms with E-state index < -0.39 is 0 Å². The van der Waals surface area contributed by atoms with Crippen LogP contribution in [0.2, 0.25) is 0 Å². The molecule has 0 aliphatic carbocycles. The Morgan fingerprint density at radius 2 is 2.07 bits per heavy atom. The van der Waals surface area contributed by atoms with Gasteiger partial charge in [-0.3, -0.25) is 0 Å². The van der Waals surface area contributed by atoms with E-state index >= 15 is 0 Å². The monoisotopic (exact) mass is 187 g/mol. The summed E-state index contributed by atoms with van der Waals surface area (Å²) >= 11 is 0. The highest BCUT2D eigenvalue weighted by Crippen LogP contribution is 2.32. The van der Waals surface area contributed by atoms with E-state index in [0.29, 0.717) is 5.92 Å². The number of anilines is 1. The normalized spacial score (nSPS) is 14.7. The number of allylic oxidation sites excluding steroid dienone is 1. The molecule has 0 spiro atoms. The quantitative estimate of drug-likeness (QED) is 0.710. The molecule has 14 heavy (non-hydrogen) atoms. The maximum atomic E-state index is 3.40. The zero-order valence-corrected chi connectivity index (χ0v) is 9.09. The molecule has 1 heteroatoms. The lowest BCUT2D eigenvalue weighted by Crippen LogP contribution is -2.10. The van der Waals surface area contributed by atoms with Crippen LogP contribution in [0.15, 0.2) is 24.3 Å². The highest BCUT2D eigenvalue weighted by molar-refractivity contribution is 5.80. The minimum Gasteiger partial charge on any atom is -0.381 e. The fourth-order valence-corrected chi connectivity index (χ4v) is 1.98. The maximum Gasteiger partial charge on any atom is 0.0419 e. The number of benzene rings is 1. The Bertz CT molecular complexity index is 375. The minimum absolute atomic E-state index is 0.609. The Morgan fingerprint density at radius 3 is 2.79 bits per heavy atom. The van der Waals surface area contributed by atoms with Crippen LogP contribution in [0.3, 0.4) is 0 Å². The number of nitrogens with one attached hydrogen (secondary N) is 1. The van der Waals surface area contributed by atoms with E-state index in [2.05, 4.69) is 50.4 Å². The molecule has 0 aromatic heterocycles. The number of aryl methyl sites for hydroxylation is 1. The third kappa shape index (κ3) is 1.54. The van der Waals surface area contributed by atoms with E-state index in [-0.39, 0.29) is 0 Å². The Morgan fingerprint density at radius 1 is 1.29 bits per heavy atom. The standard InChI is InChI=1S/C13H17N/c1-9(2)11-6-7-14-13-5-4-10(3)8-12(11)13/h4-6,8-9,14H,7H2,1-3H3. The van der Waals surface area contributed by atoms with E-state index in [0.717, 1.165) is 6.54 Å². The Kier molecular flexibility index (Phi) is 2.32. The molecule has 0 fully saturated rings. The molecule has 1 aromatic rings. The molecule has 1 aliphatic heterocycles. The second-order valence-corrected chi connectivity index (χ2v) is 4.24. The topological polar surface area (TPSA) is 12.0 Å². The highest BCUT2D eigenvalue weighted by Gasteiger charge is 2.14. The van der Waals surface area contributed by atoms with E-state index in [1.807, 2.05) is 0 Å². The second kappa shape index (κ2) is 3.49. The number of hydrogen-bond acceptors (Lipinski definition) is 1. The lowest BCUT2D eigenvalue weighted by Gasteiger charge is -2.22. The van der Waals surface area contributed by atoms with Crippen molar-refractivity contribution < 1.29 is 0 Å². The first-order valence-corrected chi connectivity index (χ1v) is 5.23. The first kappa shape index (κ1) is 9.32. The van der Waals surface area contributed by atoms with Crippen molar-refractivity contribution in [3.05, 3.63) is 35.4 Å². The summed E-state index contributed by atoms with van der Waals surface area (Å²) in [4.78, 5) is 0. The molecule has 1 N–H and O–H groups in total. The summed E-state index contributed by atoms with van der Waals surface area (Å²) in [6.07, 6.45) is 2.30. The van der Waals surface area contributed by atoms with Gasteiger partial charge < -0.3 is 5.32 Å². The molecule has 0 saturated heterocycles. The van der Waals surface area contributed by atoms with Crippen LogP contribution < -0.4 is 5.32 Å². The smallest absolute Gasteiger partial charge is 0.0419 e. The van der Waals surface area contributed by atoms with Gasteiger partial charge in [-0.1, -0.05) is 31.6 Å². The van der Waals surface area contributed by atoms with Crippen molar-refractivity contribution in [1.29, 1.82) is 0 Å². The molecule has 0 saturated carbocycles. The van der Waals surface area contributed by atoms with Crippen LogP contribution in [0.25, 0.3) is 5.57 Å². The zero-order chi connectivity index (χ0) is 10.1. The summed E-state index contributed by atoms with van der Waals surface area (Å²) < 4.78 is 0. The van der Waals surface area contributed by atoms with Gasteiger partial charge in [-0.05, 0) is 30.5 Å². The lowest BCUT2D eigenvalue weighted by molar-refractivity contribution is 0.849. The van der Waals surface area contributed by atoms with Crippen LogP contribution >= 0.6 is 0 Å². The first-order chi connectivity index (χ1) is 6.68. The van der Waals surface area contributed by atoms with Crippen molar-refractivity contribution in [2.75, 3.05) is 11.9 Å². The van der Waals surface area contributed by atoms with Crippen LogP contribution in [0.5, 0.6) is 0 Å². The van der Waals surface area contributed by atoms with Crippen LogP contribution in [-0.4, -0.2) is 6.54 Å². The minimum atomic E-state index is 0.609. The van der Waals surface area contributed by atoms with Gasteiger partial charge in [0, 0.05) is 17.8 Å². The number of fused-ring (bicyclic) bond motifs is 1. The molecular weight excluding hydrogens is 170 g/mol. The molecule has 1 aliphatic rings. The average molecular weight is 187 g/mol. The molecule has 0 bridgehead atoms. The fraction of sp³-hybridized carbons (Fsp3) is 0.385. The number of rotatable bonds is 1. The average Bonchev–Trinajstić information content (AvgIpc) is 2.16. The fourth-order valence-electron chi connectivity index (χ4n) is 1.98. The van der Waals surface area contributed by atoms with Crippen molar-refractivity contribution in [1.82, 2.24) is 0 Å². The molecule has 1 aromatic carbocycles. The summed E-state index contributed by atoms with van der Waals surface area (Å²) in [7, 11) is 0. The third-order valence-electron chi connectivity index (χ3n) is 2.72. The zero-order valence-electron chi connectivity index (χ0n) is 9.09. The first-order valence-electron chi connectivity index (χ1n) is 5.23. The third-order valence-corrected chi connectivity index (χ3v) is 2.72. The predicted octanol–water partition coefficient (Wildman–Crippen LogP) is 3.46. The van der Waals surface area contributed by atoms with E-state index in [1.54, 1.807) is 0 Å². The van der Waals surface area contributed by atoms with Gasteiger partial charge >= 0.3 is 0 Å². The van der Waals surface area contributed by atoms with Crippen LogP contribution in [0, 0.1) is 12.8 Å². The van der Waals surface area contributed by atoms with Gasteiger partial charge in [-0.15, -0.1) is 0 Å². The lowest BCUT2D eigenvalue weighted by atomic mass is 9.90. The van der Waals surface area contributed by atoms with Gasteiger partial charge in [-0.25, -0.2) is 0 Å². The van der Waals surface area contributed by atoms with Gasteiger partial charge in [0.15, 0.2) is 0 Å². The second-order valence-electron chi connectivity index (χ2n) is 4.24. The van der Waals surface area contributed by atoms with Crippen molar-refractivity contribution in [3.8, 4) is 0 Å². The van der Waals surface area contributed by atoms with Gasteiger partial charge in [0.2, 0.25) is 0 Å². The van der Waals surface area contributed by atoms with Crippen LogP contribution in [0.1, 0.15) is 25.0 Å². The summed E-state index contributed by atoms with van der Waals surface area (Å²) in [5, 5.41) is 3.40. The Labute approximate surface area is 85.8 Å². The highest BCUT2D eigenvalue weighted by atomic mass is 14.9. The van der Waals surface area contributed by atoms with Crippen molar-refractivity contribution in [2.24, 2.45) is 5.92 Å². The Balaban J connectivity index is 2.51. The molecule has 0 radical (unpaired) electrons. The SMILES string of the molecule is Cc1ccc2c(c1)C(C(C)C)=CCN2. The summed E-state index contributed by atoms with van der Waals surface area (Å²) in [6, 6.07) is 6.61. The maximum absolute atomic E-state index is 3.40. The molecule has 1 heterocycles. The van der Waals surface area contributed by atoms with E-state index in [1.165, 1.54) is 22.4 Å². The van der Waals surface area contributed by atoms with Crippen molar-refractivity contribution in [2.45, 2.75) is 20.8 Å². The Hall–Kier alpha value is -1.24. The van der Waals surface area contributed by atoms with Gasteiger partial charge in [0.05, 0.1) is 0 Å². The summed E-state index contributed by atoms with van der Waals surface area (Å²) in [5.74, 6) is 0.609. The van der Waals surface area contributed by atoms with Gasteiger partial charge in [0.25, 0.3) is 0 Å². The summed E-state index contributed by atoms with van der Waals surface area (Å²) in [5.41, 5.74) is 5.47.